The normalized spacial score (nSPS) is 17.9. The van der Waals surface area contributed by atoms with Crippen molar-refractivity contribution in [1.82, 2.24) is 24.7 Å². The van der Waals surface area contributed by atoms with Crippen molar-refractivity contribution in [3.8, 4) is 5.95 Å². The maximum Gasteiger partial charge on any atom is 0.257 e. The first-order chi connectivity index (χ1) is 9.06. The van der Waals surface area contributed by atoms with Crippen LogP contribution >= 0.6 is 0 Å². The van der Waals surface area contributed by atoms with Gasteiger partial charge in [0.25, 0.3) is 5.95 Å². The zero-order valence-electron chi connectivity index (χ0n) is 11.1. The SMILES string of the molecule is CC1(C)CCCN1c1nc(N)nc(-n2cccn2)n1. The van der Waals surface area contributed by atoms with Crippen LogP contribution < -0.4 is 10.6 Å². The Labute approximate surface area is 111 Å². The Balaban J connectivity index is 2.03. The van der Waals surface area contributed by atoms with Crippen LogP contribution in [0.2, 0.25) is 0 Å². The number of nitrogens with zero attached hydrogens (tertiary/aromatic N) is 6. The Bertz CT molecular complexity index is 576. The molecule has 2 aromatic rings. The first-order valence-electron chi connectivity index (χ1n) is 6.35. The summed E-state index contributed by atoms with van der Waals surface area (Å²) in [6.45, 7) is 5.32. The standard InChI is InChI=1S/C12H17N7/c1-12(2)5-3-7-18(12)10-15-9(13)16-11(17-10)19-8-4-6-14-19/h4,6,8H,3,5,7H2,1-2H3,(H2,13,15,16,17). The van der Waals surface area contributed by atoms with Gasteiger partial charge in [-0.15, -0.1) is 0 Å². The van der Waals surface area contributed by atoms with E-state index in [1.165, 1.54) is 0 Å². The predicted molar refractivity (Wildman–Crippen MR) is 72.0 cm³/mol. The molecule has 7 nitrogen and oxygen atoms in total. The molecule has 2 aromatic heterocycles. The minimum atomic E-state index is 0.0508. The van der Waals surface area contributed by atoms with E-state index in [1.807, 2.05) is 6.07 Å². The fraction of sp³-hybridized carbons (Fsp3) is 0.500. The van der Waals surface area contributed by atoms with E-state index in [9.17, 15) is 0 Å². The number of rotatable bonds is 2. The second-order valence-corrected chi connectivity index (χ2v) is 5.31. The Hall–Kier alpha value is -2.18. The van der Waals surface area contributed by atoms with Gasteiger partial charge in [-0.1, -0.05) is 0 Å². The van der Waals surface area contributed by atoms with E-state index in [4.69, 9.17) is 5.73 Å². The van der Waals surface area contributed by atoms with E-state index < -0.39 is 0 Å². The minimum absolute atomic E-state index is 0.0508. The molecule has 1 fully saturated rings. The van der Waals surface area contributed by atoms with Crippen LogP contribution in [0.4, 0.5) is 11.9 Å². The molecule has 3 heterocycles. The first kappa shape index (κ1) is 11.9. The number of nitrogen functional groups attached to an aromatic ring is 1. The molecule has 2 N–H and O–H groups in total. The second kappa shape index (κ2) is 4.18. The summed E-state index contributed by atoms with van der Waals surface area (Å²) in [7, 11) is 0. The van der Waals surface area contributed by atoms with Gasteiger partial charge < -0.3 is 10.6 Å². The molecule has 7 heteroatoms. The molecule has 1 aliphatic heterocycles. The number of nitrogens with two attached hydrogens (primary N) is 1. The third kappa shape index (κ3) is 2.11. The van der Waals surface area contributed by atoms with Gasteiger partial charge >= 0.3 is 0 Å². The van der Waals surface area contributed by atoms with E-state index in [0.717, 1.165) is 19.4 Å². The number of anilines is 2. The lowest BCUT2D eigenvalue weighted by molar-refractivity contribution is 0.509. The fourth-order valence-corrected chi connectivity index (χ4v) is 2.46. The predicted octanol–water partition coefficient (Wildman–Crippen LogP) is 1.02. The maximum absolute atomic E-state index is 5.79. The molecule has 100 valence electrons. The van der Waals surface area contributed by atoms with Crippen molar-refractivity contribution >= 4 is 11.9 Å². The molecule has 0 aromatic carbocycles. The molecule has 0 saturated carbocycles. The van der Waals surface area contributed by atoms with Crippen molar-refractivity contribution in [2.45, 2.75) is 32.2 Å². The Morgan fingerprint density at radius 2 is 2.00 bits per heavy atom. The summed E-state index contributed by atoms with van der Waals surface area (Å²) in [6, 6.07) is 1.82. The Morgan fingerprint density at radius 1 is 1.21 bits per heavy atom. The number of hydrogen-bond donors (Lipinski definition) is 1. The molecule has 0 bridgehead atoms. The average molecular weight is 259 g/mol. The highest BCUT2D eigenvalue weighted by molar-refractivity contribution is 5.41. The summed E-state index contributed by atoms with van der Waals surface area (Å²) in [5.74, 6) is 1.30. The summed E-state index contributed by atoms with van der Waals surface area (Å²) in [5, 5.41) is 4.12. The van der Waals surface area contributed by atoms with Crippen LogP contribution in [0.1, 0.15) is 26.7 Å². The average Bonchev–Trinajstić information content (AvgIpc) is 2.96. The largest absolute Gasteiger partial charge is 0.368 e. The van der Waals surface area contributed by atoms with Gasteiger partial charge in [0.1, 0.15) is 0 Å². The highest BCUT2D eigenvalue weighted by Gasteiger charge is 2.34. The quantitative estimate of drug-likeness (QED) is 0.866. The molecule has 3 rings (SSSR count). The molecule has 0 atom stereocenters. The van der Waals surface area contributed by atoms with E-state index in [1.54, 1.807) is 17.1 Å². The summed E-state index contributed by atoms with van der Waals surface area (Å²) < 4.78 is 1.59. The molecule has 1 saturated heterocycles. The molecule has 0 amide bonds. The lowest BCUT2D eigenvalue weighted by atomic mass is 10.0. The van der Waals surface area contributed by atoms with Gasteiger partial charge in [0.15, 0.2) is 0 Å². The van der Waals surface area contributed by atoms with E-state index in [-0.39, 0.29) is 11.5 Å². The third-order valence-electron chi connectivity index (χ3n) is 3.48. The van der Waals surface area contributed by atoms with Gasteiger partial charge in [-0.3, -0.25) is 0 Å². The zero-order valence-corrected chi connectivity index (χ0v) is 11.1. The van der Waals surface area contributed by atoms with Gasteiger partial charge in [0.2, 0.25) is 11.9 Å². The second-order valence-electron chi connectivity index (χ2n) is 5.31. The van der Waals surface area contributed by atoms with Crippen LogP contribution in [-0.4, -0.2) is 36.8 Å². The fourth-order valence-electron chi connectivity index (χ4n) is 2.46. The number of hydrogen-bond acceptors (Lipinski definition) is 6. The molecule has 0 unspecified atom stereocenters. The van der Waals surface area contributed by atoms with Gasteiger partial charge in [-0.05, 0) is 32.8 Å². The highest BCUT2D eigenvalue weighted by atomic mass is 15.4. The molecule has 19 heavy (non-hydrogen) atoms. The van der Waals surface area contributed by atoms with E-state index >= 15 is 0 Å². The third-order valence-corrected chi connectivity index (χ3v) is 3.48. The molecule has 0 radical (unpaired) electrons. The topological polar surface area (TPSA) is 85.8 Å². The monoisotopic (exact) mass is 259 g/mol. The van der Waals surface area contributed by atoms with Crippen LogP contribution in [0.3, 0.4) is 0 Å². The lowest BCUT2D eigenvalue weighted by Gasteiger charge is -2.31. The van der Waals surface area contributed by atoms with Crippen LogP contribution in [0.5, 0.6) is 0 Å². The summed E-state index contributed by atoms with van der Waals surface area (Å²) in [6.07, 6.45) is 5.72. The molecular formula is C12H17N7. The van der Waals surface area contributed by atoms with Gasteiger partial charge in [-0.25, -0.2) is 4.68 Å². The van der Waals surface area contributed by atoms with Crippen LogP contribution in [0.15, 0.2) is 18.5 Å². The van der Waals surface area contributed by atoms with Crippen LogP contribution in [-0.2, 0) is 0 Å². The summed E-state index contributed by atoms with van der Waals surface area (Å²) in [5.41, 5.74) is 5.84. The minimum Gasteiger partial charge on any atom is -0.368 e. The Kier molecular flexibility index (Phi) is 2.62. The highest BCUT2D eigenvalue weighted by Crippen LogP contribution is 2.31. The van der Waals surface area contributed by atoms with Crippen LogP contribution in [0, 0.1) is 0 Å². The zero-order chi connectivity index (χ0) is 13.5. The van der Waals surface area contributed by atoms with Gasteiger partial charge in [0.05, 0.1) is 0 Å². The van der Waals surface area contributed by atoms with Crippen LogP contribution in [0.25, 0.3) is 5.95 Å². The number of aromatic nitrogens is 5. The Morgan fingerprint density at radius 3 is 2.63 bits per heavy atom. The van der Waals surface area contributed by atoms with Crippen molar-refractivity contribution in [3.05, 3.63) is 18.5 Å². The van der Waals surface area contributed by atoms with E-state index in [2.05, 4.69) is 38.8 Å². The van der Waals surface area contributed by atoms with Crippen molar-refractivity contribution in [2.75, 3.05) is 17.2 Å². The van der Waals surface area contributed by atoms with Crippen molar-refractivity contribution in [2.24, 2.45) is 0 Å². The maximum atomic E-state index is 5.79. The molecule has 1 aliphatic rings. The van der Waals surface area contributed by atoms with Gasteiger partial charge in [-0.2, -0.15) is 20.1 Å². The summed E-state index contributed by atoms with van der Waals surface area (Å²) in [4.78, 5) is 15.0. The first-order valence-corrected chi connectivity index (χ1v) is 6.35. The van der Waals surface area contributed by atoms with Crippen molar-refractivity contribution < 1.29 is 0 Å². The van der Waals surface area contributed by atoms with Crippen molar-refractivity contribution in [1.29, 1.82) is 0 Å². The molecule has 0 spiro atoms. The molecule has 0 aliphatic carbocycles. The summed E-state index contributed by atoms with van der Waals surface area (Å²) >= 11 is 0. The van der Waals surface area contributed by atoms with Crippen molar-refractivity contribution in [3.63, 3.8) is 0 Å². The van der Waals surface area contributed by atoms with Gasteiger partial charge in [0, 0.05) is 24.5 Å². The smallest absolute Gasteiger partial charge is 0.257 e. The van der Waals surface area contributed by atoms with E-state index in [0.29, 0.717) is 11.9 Å². The lowest BCUT2D eigenvalue weighted by Crippen LogP contribution is -2.39. The molecular weight excluding hydrogens is 242 g/mol.